The van der Waals surface area contributed by atoms with Crippen LogP contribution in [0.1, 0.15) is 30.0 Å². The Morgan fingerprint density at radius 3 is 2.45 bits per heavy atom. The Balaban J connectivity index is 1.67. The molecular weight excluding hydrogens is 368 g/mol. The van der Waals surface area contributed by atoms with Crippen LogP contribution in [0.2, 0.25) is 0 Å². The second-order valence-corrected chi connectivity index (χ2v) is 7.23. The fourth-order valence-electron chi connectivity index (χ4n) is 3.61. The number of fused-ring (bicyclic) bond motifs is 1. The lowest BCUT2D eigenvalue weighted by molar-refractivity contribution is -0.152. The van der Waals surface area contributed by atoms with Crippen molar-refractivity contribution in [3.63, 3.8) is 0 Å². The number of rotatable bonds is 7. The van der Waals surface area contributed by atoms with Crippen molar-refractivity contribution in [1.29, 1.82) is 0 Å². The third-order valence-electron chi connectivity index (χ3n) is 5.21. The first-order valence-electron chi connectivity index (χ1n) is 9.64. The fraction of sp³-hybridized carbons (Fsp3) is 0.304. The van der Waals surface area contributed by atoms with Crippen molar-refractivity contribution in [3.8, 4) is 0 Å². The van der Waals surface area contributed by atoms with E-state index >= 15 is 0 Å². The molecule has 0 saturated carbocycles. The number of allylic oxidation sites excluding steroid dienone is 1. The van der Waals surface area contributed by atoms with Gasteiger partial charge in [-0.3, -0.25) is 4.79 Å². The molecule has 2 aromatic carbocycles. The number of carbonyl (C=O) groups is 2. The van der Waals surface area contributed by atoms with Gasteiger partial charge in [-0.2, -0.15) is 0 Å². The maximum atomic E-state index is 13.0. The number of carboxylic acids is 1. The molecule has 0 aromatic heterocycles. The van der Waals surface area contributed by atoms with E-state index in [1.54, 1.807) is 6.92 Å². The molecule has 2 N–H and O–H groups in total. The number of carboxylic acid groups (broad SMARTS) is 1. The highest BCUT2D eigenvalue weighted by Crippen LogP contribution is 2.24. The largest absolute Gasteiger partial charge is 0.480 e. The highest BCUT2D eigenvalue weighted by atomic mass is 16.4. The molecule has 150 valence electrons. The van der Waals surface area contributed by atoms with E-state index in [4.69, 9.17) is 0 Å². The molecule has 6 nitrogen and oxygen atoms in total. The molecule has 29 heavy (non-hydrogen) atoms. The van der Waals surface area contributed by atoms with Gasteiger partial charge in [0.2, 0.25) is 5.91 Å². The molecule has 0 spiro atoms. The van der Waals surface area contributed by atoms with Gasteiger partial charge in [-0.1, -0.05) is 54.6 Å². The summed E-state index contributed by atoms with van der Waals surface area (Å²) in [7, 11) is 0. The molecule has 3 rings (SSSR count). The maximum absolute atomic E-state index is 13.0. The van der Waals surface area contributed by atoms with Crippen LogP contribution in [0, 0.1) is 0 Å². The number of benzene rings is 2. The maximum Gasteiger partial charge on any atom is 0.326 e. The molecule has 6 heteroatoms. The van der Waals surface area contributed by atoms with Crippen molar-refractivity contribution in [1.82, 2.24) is 10.2 Å². The molecule has 0 radical (unpaired) electrons. The SMILES string of the molecule is CC(NC(=C=O)CCc1ccccc1)C(=O)N1Cc2ccccc2CC1C(=O)O. The topological polar surface area (TPSA) is 86.7 Å². The highest BCUT2D eigenvalue weighted by molar-refractivity contribution is 5.87. The summed E-state index contributed by atoms with van der Waals surface area (Å²) in [6.45, 7) is 1.88. The van der Waals surface area contributed by atoms with Crippen molar-refractivity contribution >= 4 is 17.8 Å². The predicted molar refractivity (Wildman–Crippen MR) is 109 cm³/mol. The van der Waals surface area contributed by atoms with Crippen molar-refractivity contribution in [2.24, 2.45) is 0 Å². The van der Waals surface area contributed by atoms with E-state index in [0.29, 0.717) is 18.5 Å². The van der Waals surface area contributed by atoms with Crippen molar-refractivity contribution < 1.29 is 19.5 Å². The smallest absolute Gasteiger partial charge is 0.326 e. The van der Waals surface area contributed by atoms with Gasteiger partial charge in [-0.25, -0.2) is 9.59 Å². The van der Waals surface area contributed by atoms with E-state index in [0.717, 1.165) is 16.7 Å². The number of aryl methyl sites for hydroxylation is 1. The number of amides is 1. The summed E-state index contributed by atoms with van der Waals surface area (Å²) in [4.78, 5) is 37.5. The monoisotopic (exact) mass is 392 g/mol. The van der Waals surface area contributed by atoms with Crippen molar-refractivity contribution in [2.45, 2.75) is 44.8 Å². The lowest BCUT2D eigenvalue weighted by atomic mass is 9.93. The zero-order valence-corrected chi connectivity index (χ0v) is 16.3. The molecule has 0 bridgehead atoms. The van der Waals surface area contributed by atoms with Gasteiger partial charge < -0.3 is 15.3 Å². The Morgan fingerprint density at radius 2 is 1.79 bits per heavy atom. The van der Waals surface area contributed by atoms with E-state index in [1.165, 1.54) is 4.90 Å². The number of aliphatic carboxylic acids is 1. The van der Waals surface area contributed by atoms with Gasteiger partial charge in [-0.15, -0.1) is 0 Å². The quantitative estimate of drug-likeness (QED) is 0.707. The molecule has 2 aromatic rings. The summed E-state index contributed by atoms with van der Waals surface area (Å²) in [5.41, 5.74) is 3.28. The predicted octanol–water partition coefficient (Wildman–Crippen LogP) is 2.35. The lowest BCUT2D eigenvalue weighted by Crippen LogP contribution is -2.54. The third kappa shape index (κ3) is 4.92. The number of nitrogens with zero attached hydrogens (tertiary/aromatic N) is 1. The normalized spacial score (nSPS) is 16.3. The summed E-state index contributed by atoms with van der Waals surface area (Å²) in [5.74, 6) is 0.499. The van der Waals surface area contributed by atoms with Crippen LogP contribution in [0.3, 0.4) is 0 Å². The van der Waals surface area contributed by atoms with Crippen LogP contribution in [0.15, 0.2) is 60.3 Å². The van der Waals surface area contributed by atoms with Crippen LogP contribution in [0.5, 0.6) is 0 Å². The first kappa shape index (κ1) is 20.4. The van der Waals surface area contributed by atoms with Crippen LogP contribution >= 0.6 is 0 Å². The Labute approximate surface area is 169 Å². The minimum absolute atomic E-state index is 0.238. The minimum Gasteiger partial charge on any atom is -0.480 e. The molecule has 1 amide bonds. The lowest BCUT2D eigenvalue weighted by Gasteiger charge is -2.36. The Hall–Kier alpha value is -3.37. The Kier molecular flexibility index (Phi) is 6.47. The highest BCUT2D eigenvalue weighted by Gasteiger charge is 2.36. The van der Waals surface area contributed by atoms with Gasteiger partial charge in [-0.05, 0) is 30.0 Å². The summed E-state index contributed by atoms with van der Waals surface area (Å²) in [6, 6.07) is 15.6. The molecule has 1 heterocycles. The van der Waals surface area contributed by atoms with Gasteiger partial charge in [0, 0.05) is 19.4 Å². The summed E-state index contributed by atoms with van der Waals surface area (Å²) < 4.78 is 0. The number of carbonyl (C=O) groups excluding carboxylic acids is 2. The second-order valence-electron chi connectivity index (χ2n) is 7.23. The van der Waals surface area contributed by atoms with E-state index in [2.05, 4.69) is 5.32 Å². The third-order valence-corrected chi connectivity index (χ3v) is 5.21. The van der Waals surface area contributed by atoms with Gasteiger partial charge in [0.1, 0.15) is 18.0 Å². The van der Waals surface area contributed by atoms with Crippen LogP contribution < -0.4 is 5.32 Å². The first-order chi connectivity index (χ1) is 14.0. The molecule has 0 saturated heterocycles. The Morgan fingerprint density at radius 1 is 1.14 bits per heavy atom. The average molecular weight is 392 g/mol. The van der Waals surface area contributed by atoms with Crippen molar-refractivity contribution in [2.75, 3.05) is 0 Å². The fourth-order valence-corrected chi connectivity index (χ4v) is 3.61. The van der Waals surface area contributed by atoms with Crippen LogP contribution in [-0.2, 0) is 33.8 Å². The molecule has 1 aliphatic heterocycles. The van der Waals surface area contributed by atoms with E-state index < -0.39 is 18.1 Å². The summed E-state index contributed by atoms with van der Waals surface area (Å²) in [6.07, 6.45) is 1.35. The first-order valence-corrected chi connectivity index (χ1v) is 9.64. The molecule has 0 aliphatic carbocycles. The molecular formula is C23H24N2O4. The zero-order valence-electron chi connectivity index (χ0n) is 16.3. The molecule has 1 aliphatic rings. The second kappa shape index (κ2) is 9.22. The van der Waals surface area contributed by atoms with Gasteiger partial charge >= 0.3 is 5.97 Å². The Bertz CT molecular complexity index is 935. The van der Waals surface area contributed by atoms with Crippen LogP contribution in [0.4, 0.5) is 0 Å². The number of hydrogen-bond acceptors (Lipinski definition) is 4. The van der Waals surface area contributed by atoms with E-state index in [-0.39, 0.29) is 18.9 Å². The minimum atomic E-state index is -1.03. The van der Waals surface area contributed by atoms with Crippen LogP contribution in [-0.4, -0.2) is 39.9 Å². The van der Waals surface area contributed by atoms with E-state index in [9.17, 15) is 19.5 Å². The van der Waals surface area contributed by atoms with Crippen LogP contribution in [0.25, 0.3) is 0 Å². The standard InChI is InChI=1S/C23H24N2O4/c1-16(24-20(15-26)12-11-17-7-3-2-4-8-17)22(27)25-14-19-10-6-5-9-18(19)13-21(25)23(28)29/h2-10,16,21,24H,11-14H2,1H3,(H,28,29). The van der Waals surface area contributed by atoms with Gasteiger partial charge in [0.15, 0.2) is 0 Å². The number of nitrogens with one attached hydrogen (secondary N) is 1. The van der Waals surface area contributed by atoms with Crippen molar-refractivity contribution in [3.05, 3.63) is 77.0 Å². The molecule has 2 atom stereocenters. The van der Waals surface area contributed by atoms with E-state index in [1.807, 2.05) is 60.5 Å². The van der Waals surface area contributed by atoms with Gasteiger partial charge in [0.25, 0.3) is 0 Å². The summed E-state index contributed by atoms with van der Waals surface area (Å²) in [5, 5.41) is 12.5. The molecule has 2 unspecified atom stereocenters. The summed E-state index contributed by atoms with van der Waals surface area (Å²) >= 11 is 0. The average Bonchev–Trinajstić information content (AvgIpc) is 2.75. The zero-order chi connectivity index (χ0) is 20.8. The van der Waals surface area contributed by atoms with Gasteiger partial charge in [0.05, 0.1) is 5.70 Å². The number of hydrogen-bond donors (Lipinski definition) is 2. The molecule has 0 fully saturated rings.